The van der Waals surface area contributed by atoms with E-state index in [9.17, 15) is 4.79 Å². The van der Waals surface area contributed by atoms with Gasteiger partial charge < -0.3 is 5.11 Å². The Kier molecular flexibility index (Phi) is 24.2. The molecular weight excluding hydrogens is 404 g/mol. The molecule has 0 aliphatic rings. The first-order chi connectivity index (χ1) is 16.0. The number of carbonyl (C=O) groups is 1. The summed E-state index contributed by atoms with van der Waals surface area (Å²) in [5.74, 6) is 2.11. The van der Waals surface area contributed by atoms with Gasteiger partial charge in [-0.2, -0.15) is 0 Å². The van der Waals surface area contributed by atoms with E-state index in [1.165, 1.54) is 128 Å². The molecule has 0 bridgehead atoms. The van der Waals surface area contributed by atoms with Crippen LogP contribution in [0, 0.1) is 17.8 Å². The van der Waals surface area contributed by atoms with Crippen molar-refractivity contribution in [1.29, 1.82) is 0 Å². The molecule has 1 N–H and O–H groups in total. The first kappa shape index (κ1) is 32.5. The highest BCUT2D eigenvalue weighted by Gasteiger charge is 2.07. The quantitative estimate of drug-likeness (QED) is 0.129. The molecule has 33 heavy (non-hydrogen) atoms. The SMILES string of the molecule is CCCCC(C)CCCCCCCC(C)CCC(C)CCCCCCCCCCCC(=O)O. The van der Waals surface area contributed by atoms with Crippen LogP contribution in [0.5, 0.6) is 0 Å². The van der Waals surface area contributed by atoms with E-state index < -0.39 is 5.97 Å². The van der Waals surface area contributed by atoms with Crippen LogP contribution < -0.4 is 0 Å². The maximum atomic E-state index is 10.5. The Labute approximate surface area is 209 Å². The van der Waals surface area contributed by atoms with Gasteiger partial charge in [-0.15, -0.1) is 0 Å². The molecule has 198 valence electrons. The zero-order chi connectivity index (χ0) is 24.6. The zero-order valence-corrected chi connectivity index (χ0v) is 23.4. The molecule has 0 fully saturated rings. The lowest BCUT2D eigenvalue weighted by atomic mass is 9.91. The summed E-state index contributed by atoms with van der Waals surface area (Å²) < 4.78 is 0. The first-order valence-corrected chi connectivity index (χ1v) is 15.2. The molecular formula is C31H62O2. The molecule has 0 aliphatic heterocycles. The zero-order valence-electron chi connectivity index (χ0n) is 23.4. The van der Waals surface area contributed by atoms with Crippen LogP contribution in [-0.2, 0) is 4.79 Å². The minimum absolute atomic E-state index is 0.343. The highest BCUT2D eigenvalue weighted by Crippen LogP contribution is 2.23. The average molecular weight is 467 g/mol. The Morgan fingerprint density at radius 2 is 0.788 bits per heavy atom. The van der Waals surface area contributed by atoms with Gasteiger partial charge in [-0.3, -0.25) is 4.79 Å². The monoisotopic (exact) mass is 466 g/mol. The van der Waals surface area contributed by atoms with Crippen LogP contribution in [0.2, 0.25) is 0 Å². The van der Waals surface area contributed by atoms with Gasteiger partial charge in [-0.25, -0.2) is 0 Å². The summed E-state index contributed by atoms with van der Waals surface area (Å²) in [4.78, 5) is 10.5. The topological polar surface area (TPSA) is 37.3 Å². The van der Waals surface area contributed by atoms with Crippen LogP contribution in [0.4, 0.5) is 0 Å². The molecule has 0 aliphatic carbocycles. The molecule has 0 aromatic heterocycles. The van der Waals surface area contributed by atoms with E-state index in [-0.39, 0.29) is 0 Å². The third-order valence-corrected chi connectivity index (χ3v) is 7.68. The fraction of sp³-hybridized carbons (Fsp3) is 0.968. The normalized spacial score (nSPS) is 14.3. The molecule has 0 aromatic rings. The van der Waals surface area contributed by atoms with Crippen LogP contribution in [0.15, 0.2) is 0 Å². The van der Waals surface area contributed by atoms with E-state index in [0.717, 1.165) is 30.6 Å². The van der Waals surface area contributed by atoms with Crippen molar-refractivity contribution in [3.63, 3.8) is 0 Å². The van der Waals surface area contributed by atoms with Gasteiger partial charge in [-0.05, 0) is 24.2 Å². The number of hydrogen-bond acceptors (Lipinski definition) is 1. The molecule has 0 rings (SSSR count). The molecule has 0 amide bonds. The van der Waals surface area contributed by atoms with E-state index in [2.05, 4.69) is 27.7 Å². The summed E-state index contributed by atoms with van der Waals surface area (Å²) in [6.45, 7) is 9.68. The summed E-state index contributed by atoms with van der Waals surface area (Å²) in [5.41, 5.74) is 0. The lowest BCUT2D eigenvalue weighted by Gasteiger charge is -2.15. The summed E-state index contributed by atoms with van der Waals surface area (Å²) in [6, 6.07) is 0. The smallest absolute Gasteiger partial charge is 0.303 e. The van der Waals surface area contributed by atoms with Gasteiger partial charge in [0.25, 0.3) is 0 Å². The number of unbranched alkanes of at least 4 members (excludes halogenated alkanes) is 13. The second kappa shape index (κ2) is 24.6. The molecule has 3 atom stereocenters. The van der Waals surface area contributed by atoms with Gasteiger partial charge >= 0.3 is 5.97 Å². The van der Waals surface area contributed by atoms with E-state index in [1.807, 2.05) is 0 Å². The van der Waals surface area contributed by atoms with E-state index in [1.54, 1.807) is 0 Å². The predicted molar refractivity (Wildman–Crippen MR) is 147 cm³/mol. The van der Waals surface area contributed by atoms with E-state index >= 15 is 0 Å². The molecule has 0 radical (unpaired) electrons. The Balaban J connectivity index is 3.36. The number of rotatable bonds is 26. The van der Waals surface area contributed by atoms with Crippen LogP contribution in [-0.4, -0.2) is 11.1 Å². The summed E-state index contributed by atoms with van der Waals surface area (Å²) in [5, 5.41) is 8.63. The highest BCUT2D eigenvalue weighted by molar-refractivity contribution is 5.66. The molecule has 2 heteroatoms. The first-order valence-electron chi connectivity index (χ1n) is 15.2. The van der Waals surface area contributed by atoms with E-state index in [0.29, 0.717) is 6.42 Å². The molecule has 0 saturated heterocycles. The van der Waals surface area contributed by atoms with Crippen molar-refractivity contribution < 1.29 is 9.90 Å². The van der Waals surface area contributed by atoms with Gasteiger partial charge in [-0.1, -0.05) is 163 Å². The van der Waals surface area contributed by atoms with Crippen LogP contribution in [0.25, 0.3) is 0 Å². The molecule has 2 nitrogen and oxygen atoms in total. The van der Waals surface area contributed by atoms with Gasteiger partial charge in [0.05, 0.1) is 0 Å². The van der Waals surface area contributed by atoms with Gasteiger partial charge in [0.2, 0.25) is 0 Å². The lowest BCUT2D eigenvalue weighted by molar-refractivity contribution is -0.137. The Morgan fingerprint density at radius 3 is 1.15 bits per heavy atom. The minimum Gasteiger partial charge on any atom is -0.481 e. The van der Waals surface area contributed by atoms with Crippen molar-refractivity contribution in [3.05, 3.63) is 0 Å². The van der Waals surface area contributed by atoms with Gasteiger partial charge in [0.15, 0.2) is 0 Å². The van der Waals surface area contributed by atoms with Crippen molar-refractivity contribution in [2.75, 3.05) is 0 Å². The van der Waals surface area contributed by atoms with Crippen LogP contribution in [0.3, 0.4) is 0 Å². The third kappa shape index (κ3) is 25.9. The van der Waals surface area contributed by atoms with Crippen molar-refractivity contribution >= 4 is 5.97 Å². The standard InChI is InChI=1S/C31H62O2/c1-5-6-21-28(2)22-17-14-12-15-19-24-30(4)27-26-29(3)23-18-13-10-8-7-9-11-16-20-25-31(32)33/h28-30H,5-27H2,1-4H3,(H,32,33). The molecule has 0 spiro atoms. The predicted octanol–water partition coefficient (Wildman–Crippen LogP) is 11.0. The van der Waals surface area contributed by atoms with Crippen LogP contribution >= 0.6 is 0 Å². The van der Waals surface area contributed by atoms with Crippen molar-refractivity contribution in [2.24, 2.45) is 17.8 Å². The number of aliphatic carboxylic acids is 1. The molecule has 0 saturated carbocycles. The largest absolute Gasteiger partial charge is 0.481 e. The average Bonchev–Trinajstić information content (AvgIpc) is 2.78. The Bertz CT molecular complexity index is 406. The lowest BCUT2D eigenvalue weighted by Crippen LogP contribution is -2.01. The van der Waals surface area contributed by atoms with Crippen molar-refractivity contribution in [2.45, 2.75) is 175 Å². The maximum Gasteiger partial charge on any atom is 0.303 e. The summed E-state index contributed by atoms with van der Waals surface area (Å²) in [7, 11) is 0. The highest BCUT2D eigenvalue weighted by atomic mass is 16.4. The summed E-state index contributed by atoms with van der Waals surface area (Å²) in [6.07, 6.45) is 30.3. The number of carboxylic acids is 1. The Morgan fingerprint density at radius 1 is 0.485 bits per heavy atom. The van der Waals surface area contributed by atoms with Gasteiger partial charge in [0.1, 0.15) is 0 Å². The molecule has 3 unspecified atom stereocenters. The second-order valence-electron chi connectivity index (χ2n) is 11.5. The number of carboxylic acid groups (broad SMARTS) is 1. The van der Waals surface area contributed by atoms with E-state index in [4.69, 9.17) is 5.11 Å². The molecule has 0 heterocycles. The molecule has 0 aromatic carbocycles. The summed E-state index contributed by atoms with van der Waals surface area (Å²) >= 11 is 0. The van der Waals surface area contributed by atoms with Crippen molar-refractivity contribution in [1.82, 2.24) is 0 Å². The fourth-order valence-electron chi connectivity index (χ4n) is 5.08. The third-order valence-electron chi connectivity index (χ3n) is 7.68. The van der Waals surface area contributed by atoms with Gasteiger partial charge in [0, 0.05) is 6.42 Å². The Hall–Kier alpha value is -0.530. The second-order valence-corrected chi connectivity index (χ2v) is 11.5. The maximum absolute atomic E-state index is 10.5. The number of hydrogen-bond donors (Lipinski definition) is 1. The van der Waals surface area contributed by atoms with Crippen molar-refractivity contribution in [3.8, 4) is 0 Å². The fourth-order valence-corrected chi connectivity index (χ4v) is 5.08. The minimum atomic E-state index is -0.650. The van der Waals surface area contributed by atoms with Crippen LogP contribution in [0.1, 0.15) is 175 Å².